The van der Waals surface area contributed by atoms with Gasteiger partial charge in [0.1, 0.15) is 5.82 Å². The van der Waals surface area contributed by atoms with Gasteiger partial charge < -0.3 is 16.5 Å². The number of pyridine rings is 1. The van der Waals surface area contributed by atoms with Gasteiger partial charge in [-0.25, -0.2) is 9.78 Å². The number of hydrogen-bond acceptors (Lipinski definition) is 4. The first-order chi connectivity index (χ1) is 17.5. The number of urea groups is 1. The van der Waals surface area contributed by atoms with E-state index in [2.05, 4.69) is 39.6 Å². The molecule has 0 aliphatic carbocycles. The first-order valence-electron chi connectivity index (χ1n) is 11.2. The van der Waals surface area contributed by atoms with Crippen molar-refractivity contribution < 1.29 is 4.79 Å². The van der Waals surface area contributed by atoms with Gasteiger partial charge >= 0.3 is 6.03 Å². The number of hydrogen-bond donors (Lipinski definition) is 3. The van der Waals surface area contributed by atoms with Gasteiger partial charge in [0.25, 0.3) is 0 Å². The van der Waals surface area contributed by atoms with Crippen LogP contribution in [0.15, 0.2) is 90.6 Å². The first kappa shape index (κ1) is 22.2. The quantitative estimate of drug-likeness (QED) is 0.228. The second-order valence-electron chi connectivity index (χ2n) is 8.39. The topological polar surface area (TPSA) is 101 Å². The summed E-state index contributed by atoms with van der Waals surface area (Å²) in [6, 6.07) is 22.4. The second-order valence-corrected chi connectivity index (χ2v) is 9.71. The highest BCUT2D eigenvalue weighted by atomic mass is 35.5. The first-order valence-corrected chi connectivity index (χ1v) is 12.4. The van der Waals surface area contributed by atoms with Crippen LogP contribution in [0.1, 0.15) is 0 Å². The van der Waals surface area contributed by atoms with Crippen LogP contribution in [0.3, 0.4) is 0 Å². The van der Waals surface area contributed by atoms with E-state index in [0.717, 1.165) is 43.2 Å². The number of nitrogen functional groups attached to an aromatic ring is 1. The number of nitrogens with one attached hydrogen (secondary N) is 1. The van der Waals surface area contributed by atoms with Gasteiger partial charge in [0.2, 0.25) is 0 Å². The van der Waals surface area contributed by atoms with Crippen molar-refractivity contribution in [3.8, 4) is 22.3 Å². The summed E-state index contributed by atoms with van der Waals surface area (Å²) in [4.78, 5) is 21.4. The number of amides is 2. The number of primary amides is 1. The molecule has 2 amide bonds. The van der Waals surface area contributed by atoms with E-state index in [9.17, 15) is 4.79 Å². The fraction of sp³-hybridized carbons (Fsp3) is 0. The number of carbonyl (C=O) groups excluding carboxylic acids is 1. The summed E-state index contributed by atoms with van der Waals surface area (Å²) < 4.78 is 1.08. The van der Waals surface area contributed by atoms with Crippen LogP contribution in [-0.4, -0.2) is 16.0 Å². The van der Waals surface area contributed by atoms with Gasteiger partial charge in [-0.2, -0.15) is 0 Å². The number of anilines is 3. The molecule has 0 unspecified atom stereocenters. The van der Waals surface area contributed by atoms with Crippen molar-refractivity contribution >= 4 is 67.2 Å². The molecule has 0 fully saturated rings. The third-order valence-electron chi connectivity index (χ3n) is 6.21. The van der Waals surface area contributed by atoms with E-state index in [-0.39, 0.29) is 0 Å². The van der Waals surface area contributed by atoms with Crippen molar-refractivity contribution in [3.05, 3.63) is 95.6 Å². The molecule has 0 aliphatic heterocycles. The van der Waals surface area contributed by atoms with Gasteiger partial charge in [0.15, 0.2) is 0 Å². The maximum Gasteiger partial charge on any atom is 0.323 e. The summed E-state index contributed by atoms with van der Waals surface area (Å²) in [5.41, 5.74) is 18.5. The molecule has 8 heteroatoms. The van der Waals surface area contributed by atoms with Crippen molar-refractivity contribution in [1.82, 2.24) is 9.97 Å². The summed E-state index contributed by atoms with van der Waals surface area (Å²) >= 11 is 7.77. The van der Waals surface area contributed by atoms with Crippen LogP contribution in [0.5, 0.6) is 0 Å². The average Bonchev–Trinajstić information content (AvgIpc) is 3.52. The molecule has 0 bridgehead atoms. The van der Waals surface area contributed by atoms with E-state index < -0.39 is 6.03 Å². The Morgan fingerprint density at radius 2 is 1.75 bits per heavy atom. The monoisotopic (exact) mass is 509 g/mol. The van der Waals surface area contributed by atoms with E-state index in [4.69, 9.17) is 23.1 Å². The van der Waals surface area contributed by atoms with Gasteiger partial charge in [-0.3, -0.25) is 4.90 Å². The lowest BCUT2D eigenvalue weighted by atomic mass is 10.0. The van der Waals surface area contributed by atoms with Crippen LogP contribution in [0.25, 0.3) is 43.2 Å². The fourth-order valence-electron chi connectivity index (χ4n) is 4.52. The Morgan fingerprint density at radius 1 is 0.944 bits per heavy atom. The van der Waals surface area contributed by atoms with E-state index in [1.165, 1.54) is 4.90 Å². The minimum absolute atomic E-state index is 0.481. The molecule has 6 rings (SSSR count). The molecule has 0 saturated heterocycles. The average molecular weight is 510 g/mol. The van der Waals surface area contributed by atoms with Crippen LogP contribution < -0.4 is 16.4 Å². The molecule has 0 spiro atoms. The number of nitrogens with two attached hydrogens (primary N) is 2. The Bertz CT molecular complexity index is 1760. The molecule has 0 aliphatic rings. The van der Waals surface area contributed by atoms with E-state index >= 15 is 0 Å². The van der Waals surface area contributed by atoms with Crippen LogP contribution in [-0.2, 0) is 0 Å². The fourth-order valence-corrected chi connectivity index (χ4v) is 5.82. The highest BCUT2D eigenvalue weighted by Crippen LogP contribution is 2.42. The van der Waals surface area contributed by atoms with E-state index in [1.54, 1.807) is 35.6 Å². The number of thiophene rings is 1. The van der Waals surface area contributed by atoms with E-state index in [0.29, 0.717) is 22.2 Å². The SMILES string of the molecule is NC(=O)N(c1ccc(-c2csc3c(-c4ccc5[nH]ccc5c4)cnc(N)c23)cc1)c1cccc(Cl)c1. The lowest BCUT2D eigenvalue weighted by molar-refractivity contribution is 0.256. The molecule has 176 valence electrons. The Kier molecular flexibility index (Phi) is 5.36. The summed E-state index contributed by atoms with van der Waals surface area (Å²) in [7, 11) is 0. The molecule has 3 aromatic carbocycles. The lowest BCUT2D eigenvalue weighted by Gasteiger charge is -2.21. The maximum absolute atomic E-state index is 12.3. The van der Waals surface area contributed by atoms with Gasteiger partial charge in [-0.15, -0.1) is 11.3 Å². The Hall–Kier alpha value is -4.33. The minimum atomic E-state index is -0.594. The molecule has 6 nitrogen and oxygen atoms in total. The third kappa shape index (κ3) is 3.75. The zero-order chi connectivity index (χ0) is 24.8. The van der Waals surface area contributed by atoms with Gasteiger partial charge in [-0.05, 0) is 70.4 Å². The normalized spacial score (nSPS) is 11.2. The number of rotatable bonds is 4. The van der Waals surface area contributed by atoms with Crippen LogP contribution >= 0.6 is 22.9 Å². The summed E-state index contributed by atoms with van der Waals surface area (Å²) in [6.07, 6.45) is 3.77. The molecule has 36 heavy (non-hydrogen) atoms. The number of carbonyl (C=O) groups is 1. The number of halogens is 1. The number of benzene rings is 3. The van der Waals surface area contributed by atoms with Crippen molar-refractivity contribution in [2.45, 2.75) is 0 Å². The van der Waals surface area contributed by atoms with Crippen molar-refractivity contribution in [2.24, 2.45) is 5.73 Å². The largest absolute Gasteiger partial charge is 0.383 e. The van der Waals surface area contributed by atoms with Crippen LogP contribution in [0, 0.1) is 0 Å². The Balaban J connectivity index is 1.42. The zero-order valence-electron chi connectivity index (χ0n) is 18.9. The van der Waals surface area contributed by atoms with Crippen molar-refractivity contribution in [2.75, 3.05) is 10.6 Å². The molecule has 0 radical (unpaired) electrons. The number of aromatic amines is 1. The Morgan fingerprint density at radius 3 is 2.53 bits per heavy atom. The Labute approximate surface area is 215 Å². The highest BCUT2D eigenvalue weighted by Gasteiger charge is 2.18. The molecular formula is C28H20ClN5OS. The van der Waals surface area contributed by atoms with Crippen LogP contribution in [0.2, 0.25) is 5.02 Å². The molecule has 0 saturated carbocycles. The number of nitrogens with zero attached hydrogens (tertiary/aromatic N) is 2. The standard InChI is InChI=1S/C28H20ClN5OS/c29-19-2-1-3-21(13-19)34(28(31)35)20-7-4-16(5-8-20)23-15-36-26-22(14-33-27(30)25(23)26)17-6-9-24-18(12-17)10-11-32-24/h1-15,32H,(H2,30,33)(H2,31,35). The maximum atomic E-state index is 12.3. The molecule has 6 aromatic rings. The van der Waals surface area contributed by atoms with Crippen molar-refractivity contribution in [3.63, 3.8) is 0 Å². The summed E-state index contributed by atoms with van der Waals surface area (Å²) in [6.45, 7) is 0. The van der Waals surface area contributed by atoms with E-state index in [1.807, 2.05) is 36.7 Å². The lowest BCUT2D eigenvalue weighted by Crippen LogP contribution is -2.31. The van der Waals surface area contributed by atoms with Crippen molar-refractivity contribution in [1.29, 1.82) is 0 Å². The van der Waals surface area contributed by atoms with Crippen LogP contribution in [0.4, 0.5) is 22.0 Å². The minimum Gasteiger partial charge on any atom is -0.383 e. The molecule has 3 heterocycles. The number of fused-ring (bicyclic) bond motifs is 2. The zero-order valence-corrected chi connectivity index (χ0v) is 20.5. The molecule has 0 atom stereocenters. The number of H-pyrrole nitrogens is 1. The highest BCUT2D eigenvalue weighted by molar-refractivity contribution is 7.18. The molecular weight excluding hydrogens is 490 g/mol. The summed E-state index contributed by atoms with van der Waals surface area (Å²) in [5.74, 6) is 0.481. The third-order valence-corrected chi connectivity index (χ3v) is 7.46. The molecule has 3 aromatic heterocycles. The number of aromatic nitrogens is 2. The second kappa shape index (κ2) is 8.71. The predicted octanol–water partition coefficient (Wildman–Crippen LogP) is 7.56. The van der Waals surface area contributed by atoms with Gasteiger partial charge in [-0.1, -0.05) is 35.9 Å². The smallest absolute Gasteiger partial charge is 0.323 e. The molecule has 5 N–H and O–H groups in total. The summed E-state index contributed by atoms with van der Waals surface area (Å²) in [5, 5.41) is 4.68. The predicted molar refractivity (Wildman–Crippen MR) is 150 cm³/mol. The van der Waals surface area contributed by atoms with Gasteiger partial charge in [0.05, 0.1) is 11.4 Å². The van der Waals surface area contributed by atoms with Gasteiger partial charge in [0, 0.05) is 44.1 Å².